The van der Waals surface area contributed by atoms with Gasteiger partial charge in [0.1, 0.15) is 0 Å². The van der Waals surface area contributed by atoms with E-state index in [1.807, 2.05) is 25.1 Å². The third-order valence-corrected chi connectivity index (χ3v) is 3.61. The number of nitrogens with zero attached hydrogens (tertiary/aromatic N) is 2. The summed E-state index contributed by atoms with van der Waals surface area (Å²) in [6, 6.07) is 6.07. The second kappa shape index (κ2) is 6.50. The highest BCUT2D eigenvalue weighted by Crippen LogP contribution is 2.26. The van der Waals surface area contributed by atoms with E-state index in [-0.39, 0.29) is 6.04 Å². The van der Waals surface area contributed by atoms with Crippen LogP contribution in [-0.4, -0.2) is 16.7 Å². The molecular weight excluding hydrogens is 330 g/mol. The lowest BCUT2D eigenvalue weighted by Gasteiger charge is -2.15. The van der Waals surface area contributed by atoms with Gasteiger partial charge in [-0.05, 0) is 31.5 Å². The summed E-state index contributed by atoms with van der Waals surface area (Å²) in [5.74, 6) is 1.32. The number of hydrogen-bond donors (Lipinski definition) is 1. The molecule has 1 atom stereocenters. The van der Waals surface area contributed by atoms with Gasteiger partial charge < -0.3 is 9.84 Å². The first-order chi connectivity index (χ1) is 9.06. The minimum Gasteiger partial charge on any atom is -0.339 e. The first-order valence-corrected chi connectivity index (χ1v) is 7.21. The Balaban J connectivity index is 1.88. The SMILES string of the molecule is Cc1noc(CCNC(C)c2ccc(Br)cc2Cl)n1. The van der Waals surface area contributed by atoms with Crippen molar-refractivity contribution in [1.29, 1.82) is 0 Å². The van der Waals surface area contributed by atoms with Gasteiger partial charge in [-0.25, -0.2) is 0 Å². The van der Waals surface area contributed by atoms with Crippen molar-refractivity contribution in [1.82, 2.24) is 15.5 Å². The zero-order valence-corrected chi connectivity index (χ0v) is 13.1. The molecule has 6 heteroatoms. The van der Waals surface area contributed by atoms with Gasteiger partial charge >= 0.3 is 0 Å². The van der Waals surface area contributed by atoms with Gasteiger partial charge in [0.05, 0.1) is 0 Å². The van der Waals surface area contributed by atoms with Crippen molar-refractivity contribution in [3.63, 3.8) is 0 Å². The van der Waals surface area contributed by atoms with Crippen molar-refractivity contribution in [2.24, 2.45) is 0 Å². The van der Waals surface area contributed by atoms with Crippen LogP contribution >= 0.6 is 27.5 Å². The van der Waals surface area contributed by atoms with Crippen molar-refractivity contribution in [2.45, 2.75) is 26.3 Å². The van der Waals surface area contributed by atoms with Crippen molar-refractivity contribution in [2.75, 3.05) is 6.54 Å². The number of halogens is 2. The highest BCUT2D eigenvalue weighted by molar-refractivity contribution is 9.10. The quantitative estimate of drug-likeness (QED) is 0.899. The number of rotatable bonds is 5. The number of hydrogen-bond acceptors (Lipinski definition) is 4. The van der Waals surface area contributed by atoms with E-state index in [2.05, 4.69) is 38.3 Å². The molecular formula is C13H15BrClN3O. The topological polar surface area (TPSA) is 51.0 Å². The van der Waals surface area contributed by atoms with E-state index in [0.29, 0.717) is 18.1 Å². The summed E-state index contributed by atoms with van der Waals surface area (Å²) in [6.45, 7) is 4.65. The predicted octanol–water partition coefficient (Wildman–Crippen LogP) is 3.69. The number of nitrogens with one attached hydrogen (secondary N) is 1. The molecule has 0 saturated heterocycles. The van der Waals surface area contributed by atoms with Crippen LogP contribution in [0.3, 0.4) is 0 Å². The lowest BCUT2D eigenvalue weighted by molar-refractivity contribution is 0.370. The highest BCUT2D eigenvalue weighted by Gasteiger charge is 2.10. The molecule has 1 aromatic heterocycles. The van der Waals surface area contributed by atoms with Gasteiger partial charge in [-0.2, -0.15) is 4.98 Å². The van der Waals surface area contributed by atoms with Gasteiger partial charge in [0, 0.05) is 28.5 Å². The molecule has 0 aliphatic heterocycles. The molecule has 1 N–H and O–H groups in total. The van der Waals surface area contributed by atoms with Crippen LogP contribution < -0.4 is 5.32 Å². The Bertz CT molecular complexity index is 559. The minimum atomic E-state index is 0.171. The lowest BCUT2D eigenvalue weighted by Crippen LogP contribution is -2.21. The van der Waals surface area contributed by atoms with E-state index in [1.54, 1.807) is 0 Å². The van der Waals surface area contributed by atoms with Gasteiger partial charge in [-0.15, -0.1) is 0 Å². The minimum absolute atomic E-state index is 0.171. The maximum absolute atomic E-state index is 6.21. The molecule has 102 valence electrons. The molecule has 0 amide bonds. The Morgan fingerprint density at radius 2 is 2.26 bits per heavy atom. The van der Waals surface area contributed by atoms with E-state index in [0.717, 1.165) is 21.6 Å². The van der Waals surface area contributed by atoms with Gasteiger partial charge in [0.2, 0.25) is 5.89 Å². The Kier molecular flexibility index (Phi) is 4.96. The Labute approximate surface area is 125 Å². The molecule has 19 heavy (non-hydrogen) atoms. The van der Waals surface area contributed by atoms with Gasteiger partial charge in [-0.1, -0.05) is 38.8 Å². The summed E-state index contributed by atoms with van der Waals surface area (Å²) < 4.78 is 6.04. The first kappa shape index (κ1) is 14.5. The summed E-state index contributed by atoms with van der Waals surface area (Å²) in [7, 11) is 0. The Morgan fingerprint density at radius 3 is 2.89 bits per heavy atom. The standard InChI is InChI=1S/C13H15BrClN3O/c1-8(11-4-3-10(14)7-12(11)15)16-6-5-13-17-9(2)18-19-13/h3-4,7-8,16H,5-6H2,1-2H3. The van der Waals surface area contributed by atoms with Crippen molar-refractivity contribution in [3.05, 3.63) is 45.0 Å². The molecule has 1 heterocycles. The number of benzene rings is 1. The largest absolute Gasteiger partial charge is 0.339 e. The van der Waals surface area contributed by atoms with Gasteiger partial charge in [0.15, 0.2) is 5.82 Å². The summed E-state index contributed by atoms with van der Waals surface area (Å²) >= 11 is 9.61. The van der Waals surface area contributed by atoms with Crippen LogP contribution in [0.4, 0.5) is 0 Å². The fraction of sp³-hybridized carbons (Fsp3) is 0.385. The van der Waals surface area contributed by atoms with Crippen molar-refractivity contribution < 1.29 is 4.52 Å². The molecule has 0 spiro atoms. The maximum atomic E-state index is 6.21. The van der Waals surface area contributed by atoms with E-state index >= 15 is 0 Å². The molecule has 1 aromatic carbocycles. The summed E-state index contributed by atoms with van der Waals surface area (Å²) in [5, 5.41) is 7.90. The molecule has 2 aromatic rings. The first-order valence-electron chi connectivity index (χ1n) is 6.04. The van der Waals surface area contributed by atoms with Crippen LogP contribution in [0.5, 0.6) is 0 Å². The van der Waals surface area contributed by atoms with Crippen LogP contribution in [0.15, 0.2) is 27.2 Å². The molecule has 4 nitrogen and oxygen atoms in total. The van der Waals surface area contributed by atoms with Gasteiger partial charge in [-0.3, -0.25) is 0 Å². The molecule has 0 aliphatic rings. The lowest BCUT2D eigenvalue weighted by atomic mass is 10.1. The highest BCUT2D eigenvalue weighted by atomic mass is 79.9. The van der Waals surface area contributed by atoms with Crippen LogP contribution in [-0.2, 0) is 6.42 Å². The van der Waals surface area contributed by atoms with E-state index in [4.69, 9.17) is 16.1 Å². The average Bonchev–Trinajstić information content (AvgIpc) is 2.75. The third kappa shape index (κ3) is 4.03. The molecule has 0 fully saturated rings. The second-order valence-electron chi connectivity index (χ2n) is 4.33. The summed E-state index contributed by atoms with van der Waals surface area (Å²) in [5.41, 5.74) is 1.08. The normalized spacial score (nSPS) is 12.6. The van der Waals surface area contributed by atoms with Crippen LogP contribution in [0.25, 0.3) is 0 Å². The molecule has 0 aliphatic carbocycles. The average molecular weight is 345 g/mol. The zero-order valence-electron chi connectivity index (χ0n) is 10.8. The Hall–Kier alpha value is -0.910. The van der Waals surface area contributed by atoms with Crippen LogP contribution in [0, 0.1) is 6.92 Å². The molecule has 0 saturated carbocycles. The summed E-state index contributed by atoms with van der Waals surface area (Å²) in [6.07, 6.45) is 0.708. The monoisotopic (exact) mass is 343 g/mol. The second-order valence-corrected chi connectivity index (χ2v) is 5.65. The fourth-order valence-electron chi connectivity index (χ4n) is 1.80. The number of aryl methyl sites for hydroxylation is 1. The number of aromatic nitrogens is 2. The van der Waals surface area contributed by atoms with Crippen LogP contribution in [0.2, 0.25) is 5.02 Å². The molecule has 0 radical (unpaired) electrons. The van der Waals surface area contributed by atoms with Gasteiger partial charge in [0.25, 0.3) is 0 Å². The van der Waals surface area contributed by atoms with E-state index in [1.165, 1.54) is 0 Å². The third-order valence-electron chi connectivity index (χ3n) is 2.79. The molecule has 2 rings (SSSR count). The van der Waals surface area contributed by atoms with Crippen molar-refractivity contribution >= 4 is 27.5 Å². The summed E-state index contributed by atoms with van der Waals surface area (Å²) in [4.78, 5) is 4.16. The van der Waals surface area contributed by atoms with E-state index < -0.39 is 0 Å². The molecule has 0 bridgehead atoms. The molecule has 1 unspecified atom stereocenters. The Morgan fingerprint density at radius 1 is 1.47 bits per heavy atom. The predicted molar refractivity (Wildman–Crippen MR) is 78.3 cm³/mol. The fourth-order valence-corrected chi connectivity index (χ4v) is 2.64. The van der Waals surface area contributed by atoms with Crippen molar-refractivity contribution in [3.8, 4) is 0 Å². The van der Waals surface area contributed by atoms with Crippen LogP contribution in [0.1, 0.15) is 30.2 Å². The zero-order chi connectivity index (χ0) is 13.8. The van der Waals surface area contributed by atoms with E-state index in [9.17, 15) is 0 Å². The maximum Gasteiger partial charge on any atom is 0.227 e. The smallest absolute Gasteiger partial charge is 0.227 e.